The lowest BCUT2D eigenvalue weighted by atomic mass is 10.1. The maximum Gasteiger partial charge on any atom is 0.330 e. The highest BCUT2D eigenvalue weighted by Gasteiger charge is 2.17. The van der Waals surface area contributed by atoms with Crippen molar-refractivity contribution in [2.75, 3.05) is 12.4 Å². The lowest BCUT2D eigenvalue weighted by Gasteiger charge is -2.16. The zero-order valence-electron chi connectivity index (χ0n) is 14.1. The minimum Gasteiger partial charge on any atom is -0.361 e. The van der Waals surface area contributed by atoms with Crippen LogP contribution in [-0.2, 0) is 21.5 Å². The molecule has 0 saturated heterocycles. The van der Waals surface area contributed by atoms with Crippen molar-refractivity contribution in [2.45, 2.75) is 26.1 Å². The van der Waals surface area contributed by atoms with Crippen LogP contribution in [0.3, 0.4) is 0 Å². The average molecular weight is 446 g/mol. The molecule has 2 rings (SSSR count). The summed E-state index contributed by atoms with van der Waals surface area (Å²) in [7, 11) is -3.47. The Morgan fingerprint density at radius 2 is 2.00 bits per heavy atom. The fraction of sp³-hybridized carbons (Fsp3) is 0.375. The van der Waals surface area contributed by atoms with Crippen molar-refractivity contribution in [3.63, 3.8) is 0 Å². The van der Waals surface area contributed by atoms with E-state index in [-0.39, 0.29) is 31.6 Å². The molecule has 0 radical (unpaired) electrons. The lowest BCUT2D eigenvalue weighted by Crippen LogP contribution is -2.30. The third-order valence-corrected chi connectivity index (χ3v) is 5.82. The van der Waals surface area contributed by atoms with Crippen molar-refractivity contribution in [1.82, 2.24) is 14.3 Å². The standard InChI is InChI=1S/C16H20BrN3O5S/c1-12(13-5-2-3-6-14(13)17)19-26(23,24)10-4-9-25-11-20-8-7-15(21)18-16(20)22/h2-3,5-8,12,19H,4,9-11H2,1H3,(H,18,21,22)/t12-/m1/s1. The van der Waals surface area contributed by atoms with Crippen molar-refractivity contribution in [3.05, 3.63) is 67.4 Å². The summed E-state index contributed by atoms with van der Waals surface area (Å²) in [6.45, 7) is 1.88. The fourth-order valence-electron chi connectivity index (χ4n) is 2.28. The highest BCUT2D eigenvalue weighted by Crippen LogP contribution is 2.23. The number of hydrogen-bond acceptors (Lipinski definition) is 5. The number of sulfonamides is 1. The largest absolute Gasteiger partial charge is 0.361 e. The Labute approximate surface area is 159 Å². The van der Waals surface area contributed by atoms with Crippen LogP contribution in [-0.4, -0.2) is 30.3 Å². The van der Waals surface area contributed by atoms with Gasteiger partial charge in [0.05, 0.1) is 5.75 Å². The van der Waals surface area contributed by atoms with Gasteiger partial charge < -0.3 is 4.74 Å². The molecule has 2 aromatic rings. The summed E-state index contributed by atoms with van der Waals surface area (Å²) in [5, 5.41) is 0. The van der Waals surface area contributed by atoms with Gasteiger partial charge in [0.15, 0.2) is 0 Å². The van der Waals surface area contributed by atoms with E-state index in [0.717, 1.165) is 10.0 Å². The number of ether oxygens (including phenoxy) is 1. The number of rotatable bonds is 9. The second-order valence-electron chi connectivity index (χ2n) is 5.65. The summed E-state index contributed by atoms with van der Waals surface area (Å²) in [6.07, 6.45) is 1.59. The maximum atomic E-state index is 12.2. The van der Waals surface area contributed by atoms with E-state index in [9.17, 15) is 18.0 Å². The smallest absolute Gasteiger partial charge is 0.330 e. The van der Waals surface area contributed by atoms with E-state index >= 15 is 0 Å². The van der Waals surface area contributed by atoms with Crippen molar-refractivity contribution in [2.24, 2.45) is 0 Å². The summed E-state index contributed by atoms with van der Waals surface area (Å²) in [5.74, 6) is -0.0949. The summed E-state index contributed by atoms with van der Waals surface area (Å²) >= 11 is 3.41. The first-order valence-corrected chi connectivity index (χ1v) is 10.3. The maximum absolute atomic E-state index is 12.2. The predicted molar refractivity (Wildman–Crippen MR) is 101 cm³/mol. The van der Waals surface area contributed by atoms with Gasteiger partial charge in [-0.2, -0.15) is 0 Å². The number of hydrogen-bond donors (Lipinski definition) is 2. The van der Waals surface area contributed by atoms with Crippen LogP contribution in [0.25, 0.3) is 0 Å². The molecule has 2 N–H and O–H groups in total. The van der Waals surface area contributed by atoms with Crippen LogP contribution < -0.4 is 16.0 Å². The van der Waals surface area contributed by atoms with Gasteiger partial charge in [0.25, 0.3) is 5.56 Å². The molecular weight excluding hydrogens is 426 g/mol. The van der Waals surface area contributed by atoms with E-state index in [0.29, 0.717) is 0 Å². The van der Waals surface area contributed by atoms with Gasteiger partial charge in [-0.15, -0.1) is 0 Å². The Balaban J connectivity index is 1.78. The number of nitrogens with zero attached hydrogens (tertiary/aromatic N) is 1. The lowest BCUT2D eigenvalue weighted by molar-refractivity contribution is 0.0744. The zero-order chi connectivity index (χ0) is 19.2. The Morgan fingerprint density at radius 3 is 2.69 bits per heavy atom. The summed E-state index contributed by atoms with van der Waals surface area (Å²) < 4.78 is 34.3. The summed E-state index contributed by atoms with van der Waals surface area (Å²) in [4.78, 5) is 24.5. The first-order valence-electron chi connectivity index (χ1n) is 7.90. The van der Waals surface area contributed by atoms with E-state index in [4.69, 9.17) is 4.74 Å². The van der Waals surface area contributed by atoms with Gasteiger partial charge >= 0.3 is 5.69 Å². The molecule has 0 bridgehead atoms. The predicted octanol–water partition coefficient (Wildman–Crippen LogP) is 1.34. The first kappa shape index (κ1) is 20.6. The normalized spacial score (nSPS) is 12.8. The van der Waals surface area contributed by atoms with E-state index < -0.39 is 21.3 Å². The molecule has 0 aliphatic rings. The van der Waals surface area contributed by atoms with Crippen LogP contribution in [0.5, 0.6) is 0 Å². The Bertz CT molecular complexity index is 955. The number of aromatic amines is 1. The number of benzene rings is 1. The molecule has 0 unspecified atom stereocenters. The van der Waals surface area contributed by atoms with Gasteiger partial charge in [0, 0.05) is 29.4 Å². The Morgan fingerprint density at radius 1 is 1.27 bits per heavy atom. The minimum absolute atomic E-state index is 0.0591. The van der Waals surface area contributed by atoms with Crippen LogP contribution in [0.4, 0.5) is 0 Å². The van der Waals surface area contributed by atoms with Crippen molar-refractivity contribution >= 4 is 26.0 Å². The van der Waals surface area contributed by atoms with E-state index in [1.54, 1.807) is 6.92 Å². The van der Waals surface area contributed by atoms with Gasteiger partial charge in [-0.1, -0.05) is 34.1 Å². The topological polar surface area (TPSA) is 110 Å². The third-order valence-electron chi connectivity index (χ3n) is 3.56. The molecule has 142 valence electrons. The van der Waals surface area contributed by atoms with Crippen LogP contribution in [0.1, 0.15) is 24.9 Å². The van der Waals surface area contributed by atoms with Crippen LogP contribution in [0.15, 0.2) is 50.6 Å². The molecule has 1 aromatic carbocycles. The molecule has 0 fully saturated rings. The van der Waals surface area contributed by atoms with Crippen molar-refractivity contribution in [1.29, 1.82) is 0 Å². The van der Waals surface area contributed by atoms with Crippen LogP contribution in [0.2, 0.25) is 0 Å². The van der Waals surface area contributed by atoms with Crippen molar-refractivity contribution < 1.29 is 13.2 Å². The molecule has 1 aromatic heterocycles. The molecule has 10 heteroatoms. The van der Waals surface area contributed by atoms with E-state index in [1.165, 1.54) is 16.8 Å². The van der Waals surface area contributed by atoms with Gasteiger partial charge in [-0.25, -0.2) is 17.9 Å². The van der Waals surface area contributed by atoms with Crippen LogP contribution in [0, 0.1) is 0 Å². The molecule has 0 aliphatic carbocycles. The SMILES string of the molecule is C[C@@H](NS(=O)(=O)CCCOCn1ccc(=O)[nH]c1=O)c1ccccc1Br. The molecule has 1 atom stereocenters. The molecule has 1 heterocycles. The van der Waals surface area contributed by atoms with Gasteiger partial charge in [0.1, 0.15) is 6.73 Å². The second kappa shape index (κ2) is 9.26. The Hall–Kier alpha value is -1.75. The summed E-state index contributed by atoms with van der Waals surface area (Å²) in [5.41, 5.74) is -0.207. The third kappa shape index (κ3) is 6.20. The Kier molecular flexibility index (Phi) is 7.33. The molecule has 0 aliphatic heterocycles. The molecule has 0 saturated carbocycles. The molecular formula is C16H20BrN3O5S. The number of halogens is 1. The molecule has 0 spiro atoms. The first-order chi connectivity index (χ1) is 12.3. The van der Waals surface area contributed by atoms with Crippen LogP contribution >= 0.6 is 15.9 Å². The van der Waals surface area contributed by atoms with Gasteiger partial charge in [0.2, 0.25) is 10.0 Å². The monoisotopic (exact) mass is 445 g/mol. The molecule has 8 nitrogen and oxygen atoms in total. The molecule has 26 heavy (non-hydrogen) atoms. The van der Waals surface area contributed by atoms with Crippen molar-refractivity contribution in [3.8, 4) is 0 Å². The van der Waals surface area contributed by atoms with E-state index in [1.807, 2.05) is 24.3 Å². The van der Waals surface area contributed by atoms with Gasteiger partial charge in [-0.05, 0) is 25.0 Å². The minimum atomic E-state index is -3.47. The highest BCUT2D eigenvalue weighted by molar-refractivity contribution is 9.10. The summed E-state index contributed by atoms with van der Waals surface area (Å²) in [6, 6.07) is 8.26. The number of aromatic nitrogens is 2. The average Bonchev–Trinajstić information content (AvgIpc) is 2.56. The number of nitrogens with one attached hydrogen (secondary N) is 2. The fourth-order valence-corrected chi connectivity index (χ4v) is 4.19. The van der Waals surface area contributed by atoms with E-state index in [2.05, 4.69) is 25.6 Å². The highest BCUT2D eigenvalue weighted by atomic mass is 79.9. The van der Waals surface area contributed by atoms with Gasteiger partial charge in [-0.3, -0.25) is 14.3 Å². The molecule has 0 amide bonds. The second-order valence-corrected chi connectivity index (χ2v) is 8.38. The quantitative estimate of drug-likeness (QED) is 0.565. The zero-order valence-corrected chi connectivity index (χ0v) is 16.5. The number of H-pyrrole nitrogens is 1.